The standard InChI is InChI=1S/C15H22N2O/c1-11-9-16-10-14(11)15(18)17-12(2)8-13-6-4-3-5-7-13/h3-7,11-12,14,16H,8-10H2,1-2H3,(H,17,18)/t11-,12?,14-/m1/s1. The Kier molecular flexibility index (Phi) is 4.37. The normalized spacial score (nSPS) is 24.8. The molecule has 0 aromatic heterocycles. The van der Waals surface area contributed by atoms with E-state index in [1.165, 1.54) is 5.56 Å². The average Bonchev–Trinajstić information content (AvgIpc) is 2.76. The first kappa shape index (κ1) is 13.1. The van der Waals surface area contributed by atoms with E-state index in [0.717, 1.165) is 19.5 Å². The summed E-state index contributed by atoms with van der Waals surface area (Å²) in [5, 5.41) is 6.39. The van der Waals surface area contributed by atoms with E-state index in [4.69, 9.17) is 0 Å². The van der Waals surface area contributed by atoms with E-state index in [1.54, 1.807) is 0 Å². The van der Waals surface area contributed by atoms with Crippen LogP contribution in [0.25, 0.3) is 0 Å². The first-order valence-corrected chi connectivity index (χ1v) is 6.72. The van der Waals surface area contributed by atoms with Gasteiger partial charge in [-0.25, -0.2) is 0 Å². The summed E-state index contributed by atoms with van der Waals surface area (Å²) in [6, 6.07) is 10.5. The zero-order chi connectivity index (χ0) is 13.0. The summed E-state index contributed by atoms with van der Waals surface area (Å²) in [6.45, 7) is 5.96. The van der Waals surface area contributed by atoms with Gasteiger partial charge in [0, 0.05) is 12.6 Å². The van der Waals surface area contributed by atoms with Crippen LogP contribution in [0.5, 0.6) is 0 Å². The van der Waals surface area contributed by atoms with Gasteiger partial charge in [0.1, 0.15) is 0 Å². The van der Waals surface area contributed by atoms with Crippen LogP contribution in [0, 0.1) is 11.8 Å². The Morgan fingerprint density at radius 2 is 2.11 bits per heavy atom. The van der Waals surface area contributed by atoms with E-state index < -0.39 is 0 Å². The highest BCUT2D eigenvalue weighted by Gasteiger charge is 2.29. The lowest BCUT2D eigenvalue weighted by Gasteiger charge is -2.19. The van der Waals surface area contributed by atoms with Crippen LogP contribution in [0.1, 0.15) is 19.4 Å². The van der Waals surface area contributed by atoms with Gasteiger partial charge in [-0.15, -0.1) is 0 Å². The zero-order valence-electron chi connectivity index (χ0n) is 11.1. The second-order valence-corrected chi connectivity index (χ2v) is 5.34. The fourth-order valence-corrected chi connectivity index (χ4v) is 2.53. The molecule has 1 aromatic rings. The van der Waals surface area contributed by atoms with Crippen molar-refractivity contribution in [2.24, 2.45) is 11.8 Å². The van der Waals surface area contributed by atoms with Gasteiger partial charge in [0.15, 0.2) is 0 Å². The first-order chi connectivity index (χ1) is 8.66. The maximum Gasteiger partial charge on any atom is 0.224 e. The molecule has 0 radical (unpaired) electrons. The van der Waals surface area contributed by atoms with E-state index in [1.807, 2.05) is 18.2 Å². The number of amides is 1. The summed E-state index contributed by atoms with van der Waals surface area (Å²) in [6.07, 6.45) is 0.890. The van der Waals surface area contributed by atoms with Crippen molar-refractivity contribution in [3.8, 4) is 0 Å². The summed E-state index contributed by atoms with van der Waals surface area (Å²) in [7, 11) is 0. The zero-order valence-corrected chi connectivity index (χ0v) is 11.1. The van der Waals surface area contributed by atoms with Gasteiger partial charge in [-0.05, 0) is 31.4 Å². The Balaban J connectivity index is 1.84. The van der Waals surface area contributed by atoms with Crippen molar-refractivity contribution in [3.63, 3.8) is 0 Å². The summed E-state index contributed by atoms with van der Waals surface area (Å²) < 4.78 is 0. The monoisotopic (exact) mass is 246 g/mol. The molecule has 0 spiro atoms. The van der Waals surface area contributed by atoms with Crippen molar-refractivity contribution in [1.29, 1.82) is 0 Å². The van der Waals surface area contributed by atoms with Gasteiger partial charge in [0.2, 0.25) is 5.91 Å². The predicted molar refractivity (Wildman–Crippen MR) is 73.3 cm³/mol. The Labute approximate surface area is 109 Å². The lowest BCUT2D eigenvalue weighted by Crippen LogP contribution is -2.40. The quantitative estimate of drug-likeness (QED) is 0.847. The molecule has 2 N–H and O–H groups in total. The molecule has 98 valence electrons. The van der Waals surface area contributed by atoms with Gasteiger partial charge in [-0.2, -0.15) is 0 Å². The van der Waals surface area contributed by atoms with Gasteiger partial charge in [-0.1, -0.05) is 37.3 Å². The molecule has 1 fully saturated rings. The van der Waals surface area contributed by atoms with Crippen molar-refractivity contribution >= 4 is 5.91 Å². The van der Waals surface area contributed by atoms with E-state index >= 15 is 0 Å². The fourth-order valence-electron chi connectivity index (χ4n) is 2.53. The molecule has 1 aliphatic rings. The minimum Gasteiger partial charge on any atom is -0.353 e. The first-order valence-electron chi connectivity index (χ1n) is 6.72. The number of carbonyl (C=O) groups is 1. The third kappa shape index (κ3) is 3.33. The highest BCUT2D eigenvalue weighted by molar-refractivity contribution is 5.79. The summed E-state index contributed by atoms with van der Waals surface area (Å²) in [5.74, 6) is 0.757. The maximum atomic E-state index is 12.1. The average molecular weight is 246 g/mol. The molecule has 1 heterocycles. The number of benzene rings is 1. The molecular formula is C15H22N2O. The molecule has 1 unspecified atom stereocenters. The topological polar surface area (TPSA) is 41.1 Å². The molecule has 1 saturated heterocycles. The van der Waals surface area contributed by atoms with Crippen LogP contribution in [0.4, 0.5) is 0 Å². The SMILES string of the molecule is CC(Cc1ccccc1)NC(=O)[C@@H]1CNC[C@H]1C. The van der Waals surface area contributed by atoms with Gasteiger partial charge < -0.3 is 10.6 Å². The van der Waals surface area contributed by atoms with E-state index in [9.17, 15) is 4.79 Å². The van der Waals surface area contributed by atoms with Gasteiger partial charge in [-0.3, -0.25) is 4.79 Å². The predicted octanol–water partition coefficient (Wildman–Crippen LogP) is 1.59. The second kappa shape index (κ2) is 6.01. The summed E-state index contributed by atoms with van der Waals surface area (Å²) in [4.78, 5) is 12.1. The number of carbonyl (C=O) groups excluding carboxylic acids is 1. The van der Waals surface area contributed by atoms with Crippen LogP contribution in [0.3, 0.4) is 0 Å². The smallest absolute Gasteiger partial charge is 0.224 e. The molecule has 0 aliphatic carbocycles. The molecular weight excluding hydrogens is 224 g/mol. The number of hydrogen-bond acceptors (Lipinski definition) is 2. The molecule has 1 aliphatic heterocycles. The largest absolute Gasteiger partial charge is 0.353 e. The number of nitrogens with one attached hydrogen (secondary N) is 2. The highest BCUT2D eigenvalue weighted by Crippen LogP contribution is 2.16. The maximum absolute atomic E-state index is 12.1. The third-order valence-electron chi connectivity index (χ3n) is 3.63. The summed E-state index contributed by atoms with van der Waals surface area (Å²) >= 11 is 0. The van der Waals surface area contributed by atoms with Crippen molar-refractivity contribution in [2.75, 3.05) is 13.1 Å². The molecule has 3 heteroatoms. The van der Waals surface area contributed by atoms with Crippen LogP contribution in [-0.2, 0) is 11.2 Å². The molecule has 1 aromatic carbocycles. The van der Waals surface area contributed by atoms with Gasteiger partial charge >= 0.3 is 0 Å². The van der Waals surface area contributed by atoms with Crippen LogP contribution in [0.2, 0.25) is 0 Å². The van der Waals surface area contributed by atoms with Crippen LogP contribution >= 0.6 is 0 Å². The molecule has 3 atom stereocenters. The Morgan fingerprint density at radius 1 is 1.39 bits per heavy atom. The third-order valence-corrected chi connectivity index (χ3v) is 3.63. The van der Waals surface area contributed by atoms with Crippen molar-refractivity contribution < 1.29 is 4.79 Å². The Hall–Kier alpha value is -1.35. The van der Waals surface area contributed by atoms with Crippen LogP contribution in [-0.4, -0.2) is 25.0 Å². The molecule has 3 nitrogen and oxygen atoms in total. The Bertz CT molecular complexity index is 391. The molecule has 18 heavy (non-hydrogen) atoms. The van der Waals surface area contributed by atoms with Crippen LogP contribution in [0.15, 0.2) is 30.3 Å². The molecule has 2 rings (SSSR count). The molecule has 0 bridgehead atoms. The second-order valence-electron chi connectivity index (χ2n) is 5.34. The van der Waals surface area contributed by atoms with Gasteiger partial charge in [0.25, 0.3) is 0 Å². The summed E-state index contributed by atoms with van der Waals surface area (Å²) in [5.41, 5.74) is 1.27. The van der Waals surface area contributed by atoms with Crippen LogP contribution < -0.4 is 10.6 Å². The number of rotatable bonds is 4. The van der Waals surface area contributed by atoms with E-state index in [0.29, 0.717) is 5.92 Å². The molecule has 1 amide bonds. The highest BCUT2D eigenvalue weighted by atomic mass is 16.2. The minimum absolute atomic E-state index is 0.128. The minimum atomic E-state index is 0.128. The lowest BCUT2D eigenvalue weighted by molar-refractivity contribution is -0.126. The number of hydrogen-bond donors (Lipinski definition) is 2. The van der Waals surface area contributed by atoms with Crippen molar-refractivity contribution in [3.05, 3.63) is 35.9 Å². The molecule has 0 saturated carbocycles. The fraction of sp³-hybridized carbons (Fsp3) is 0.533. The van der Waals surface area contributed by atoms with Crippen molar-refractivity contribution in [2.45, 2.75) is 26.3 Å². The Morgan fingerprint density at radius 3 is 2.72 bits per heavy atom. The lowest BCUT2D eigenvalue weighted by atomic mass is 9.96. The van der Waals surface area contributed by atoms with Gasteiger partial charge in [0.05, 0.1) is 5.92 Å². The van der Waals surface area contributed by atoms with Crippen molar-refractivity contribution in [1.82, 2.24) is 10.6 Å². The van der Waals surface area contributed by atoms with E-state index in [-0.39, 0.29) is 17.9 Å². The van der Waals surface area contributed by atoms with E-state index in [2.05, 4.69) is 36.6 Å².